The van der Waals surface area contributed by atoms with Crippen molar-refractivity contribution in [2.24, 2.45) is 0 Å². The second-order valence-electron chi connectivity index (χ2n) is 5.83. The van der Waals surface area contributed by atoms with E-state index in [0.29, 0.717) is 12.8 Å². The highest BCUT2D eigenvalue weighted by Crippen LogP contribution is 2.24. The number of rotatable bonds is 5. The summed E-state index contributed by atoms with van der Waals surface area (Å²) < 4.78 is 32.9. The van der Waals surface area contributed by atoms with Crippen molar-refractivity contribution in [1.82, 2.24) is 14.8 Å². The van der Waals surface area contributed by atoms with Crippen LogP contribution in [0.2, 0.25) is 0 Å². The van der Waals surface area contributed by atoms with Crippen LogP contribution in [0.4, 0.5) is 0 Å². The molecule has 1 aromatic carbocycles. The number of pyridine rings is 1. The first-order valence-electron chi connectivity index (χ1n) is 8.13. The fourth-order valence-corrected chi connectivity index (χ4v) is 4.40. The zero-order chi connectivity index (χ0) is 18.6. The SMILES string of the molecule is O=C(NO)c1cccnc1S(=O)(=O)N1CCC(Oc2ccccc2)CC1. The van der Waals surface area contributed by atoms with E-state index in [4.69, 9.17) is 9.94 Å². The molecule has 2 N–H and O–H groups in total. The van der Waals surface area contributed by atoms with Crippen molar-refractivity contribution in [3.05, 3.63) is 54.2 Å². The van der Waals surface area contributed by atoms with E-state index in [9.17, 15) is 13.2 Å². The van der Waals surface area contributed by atoms with Crippen molar-refractivity contribution in [2.75, 3.05) is 13.1 Å². The zero-order valence-electron chi connectivity index (χ0n) is 13.9. The summed E-state index contributed by atoms with van der Waals surface area (Å²) in [6.45, 7) is 0.521. The van der Waals surface area contributed by atoms with Crippen LogP contribution < -0.4 is 10.2 Å². The van der Waals surface area contributed by atoms with E-state index in [-0.39, 0.29) is 29.8 Å². The first kappa shape index (κ1) is 18.3. The Morgan fingerprint density at radius 2 is 1.85 bits per heavy atom. The predicted octanol–water partition coefficient (Wildman–Crippen LogP) is 1.43. The lowest BCUT2D eigenvalue weighted by molar-refractivity contribution is 0.0701. The summed E-state index contributed by atoms with van der Waals surface area (Å²) in [4.78, 5) is 15.6. The Balaban J connectivity index is 1.72. The van der Waals surface area contributed by atoms with Crippen molar-refractivity contribution in [3.63, 3.8) is 0 Å². The number of amides is 1. The molecule has 0 aliphatic carbocycles. The number of carbonyl (C=O) groups excluding carboxylic acids is 1. The molecule has 0 saturated carbocycles. The van der Waals surface area contributed by atoms with Gasteiger partial charge >= 0.3 is 0 Å². The van der Waals surface area contributed by atoms with Gasteiger partial charge in [0.25, 0.3) is 15.9 Å². The fraction of sp³-hybridized carbons (Fsp3) is 0.294. The van der Waals surface area contributed by atoms with Crippen LogP contribution in [0.1, 0.15) is 23.2 Å². The number of nitrogens with zero attached hydrogens (tertiary/aromatic N) is 2. The fourth-order valence-electron chi connectivity index (χ4n) is 2.83. The van der Waals surface area contributed by atoms with Gasteiger partial charge < -0.3 is 4.74 Å². The van der Waals surface area contributed by atoms with Gasteiger partial charge in [-0.3, -0.25) is 10.0 Å². The first-order chi connectivity index (χ1) is 12.5. The van der Waals surface area contributed by atoms with Crippen LogP contribution in [0.5, 0.6) is 5.75 Å². The van der Waals surface area contributed by atoms with Crippen molar-refractivity contribution < 1.29 is 23.2 Å². The Hall–Kier alpha value is -2.49. The molecule has 0 spiro atoms. The third-order valence-electron chi connectivity index (χ3n) is 4.15. The molecule has 1 fully saturated rings. The van der Waals surface area contributed by atoms with Crippen LogP contribution in [0.15, 0.2) is 53.7 Å². The normalized spacial score (nSPS) is 16.2. The van der Waals surface area contributed by atoms with Crippen molar-refractivity contribution >= 4 is 15.9 Å². The molecule has 0 radical (unpaired) electrons. The molecule has 0 unspecified atom stereocenters. The minimum atomic E-state index is -3.95. The summed E-state index contributed by atoms with van der Waals surface area (Å²) in [5.74, 6) is -0.167. The number of benzene rings is 1. The second-order valence-corrected chi connectivity index (χ2v) is 7.68. The maximum Gasteiger partial charge on any atom is 0.277 e. The van der Waals surface area contributed by atoms with E-state index in [0.717, 1.165) is 5.75 Å². The molecule has 1 aliphatic heterocycles. The summed E-state index contributed by atoms with van der Waals surface area (Å²) in [6.07, 6.45) is 2.28. The Morgan fingerprint density at radius 1 is 1.15 bits per heavy atom. The molecule has 1 aromatic heterocycles. The summed E-state index contributed by atoms with van der Waals surface area (Å²) in [7, 11) is -3.95. The van der Waals surface area contributed by atoms with E-state index < -0.39 is 15.9 Å². The molecular formula is C17H19N3O5S. The number of para-hydroxylation sites is 1. The number of aromatic nitrogens is 1. The molecule has 2 aromatic rings. The Morgan fingerprint density at radius 3 is 2.50 bits per heavy atom. The van der Waals surface area contributed by atoms with Gasteiger partial charge in [-0.05, 0) is 37.1 Å². The van der Waals surface area contributed by atoms with Crippen LogP contribution in [-0.4, -0.2) is 48.0 Å². The van der Waals surface area contributed by atoms with Crippen molar-refractivity contribution in [1.29, 1.82) is 0 Å². The van der Waals surface area contributed by atoms with E-state index >= 15 is 0 Å². The number of carbonyl (C=O) groups is 1. The molecule has 1 amide bonds. The number of nitrogens with one attached hydrogen (secondary N) is 1. The highest BCUT2D eigenvalue weighted by molar-refractivity contribution is 7.89. The predicted molar refractivity (Wildman–Crippen MR) is 92.3 cm³/mol. The van der Waals surface area contributed by atoms with Gasteiger partial charge in [-0.2, -0.15) is 4.31 Å². The standard InChI is InChI=1S/C17H19N3O5S/c21-16(19-22)15-7-4-10-18-17(15)26(23,24)20-11-8-14(9-12-20)25-13-5-2-1-3-6-13/h1-7,10,14,22H,8-9,11-12H2,(H,19,21). The third kappa shape index (κ3) is 3.85. The van der Waals surface area contributed by atoms with E-state index in [1.807, 2.05) is 30.3 Å². The lowest BCUT2D eigenvalue weighted by Gasteiger charge is -2.31. The van der Waals surface area contributed by atoms with E-state index in [2.05, 4.69) is 4.98 Å². The Labute approximate surface area is 151 Å². The van der Waals surface area contributed by atoms with Gasteiger partial charge in [-0.15, -0.1) is 0 Å². The number of hydroxylamine groups is 1. The van der Waals surface area contributed by atoms with Crippen LogP contribution in [0.3, 0.4) is 0 Å². The summed E-state index contributed by atoms with van der Waals surface area (Å²) >= 11 is 0. The maximum absolute atomic E-state index is 12.9. The summed E-state index contributed by atoms with van der Waals surface area (Å²) in [5.41, 5.74) is 1.25. The van der Waals surface area contributed by atoms with E-state index in [1.165, 1.54) is 28.1 Å². The average molecular weight is 377 g/mol. The molecule has 0 bridgehead atoms. The molecule has 138 valence electrons. The maximum atomic E-state index is 12.9. The van der Waals surface area contributed by atoms with Gasteiger partial charge in [-0.1, -0.05) is 18.2 Å². The monoisotopic (exact) mass is 377 g/mol. The van der Waals surface area contributed by atoms with Gasteiger partial charge in [0.2, 0.25) is 0 Å². The molecule has 26 heavy (non-hydrogen) atoms. The smallest absolute Gasteiger partial charge is 0.277 e. The number of hydrogen-bond acceptors (Lipinski definition) is 6. The third-order valence-corrected chi connectivity index (χ3v) is 6.01. The van der Waals surface area contributed by atoms with Gasteiger partial charge in [0.15, 0.2) is 5.03 Å². The minimum Gasteiger partial charge on any atom is -0.490 e. The molecule has 1 saturated heterocycles. The number of hydrogen-bond donors (Lipinski definition) is 2. The molecule has 2 heterocycles. The summed E-state index contributed by atoms with van der Waals surface area (Å²) in [5, 5.41) is 8.44. The van der Waals surface area contributed by atoms with E-state index in [1.54, 1.807) is 0 Å². The highest BCUT2D eigenvalue weighted by Gasteiger charge is 2.33. The largest absolute Gasteiger partial charge is 0.490 e. The molecular weight excluding hydrogens is 358 g/mol. The van der Waals surface area contributed by atoms with Crippen molar-refractivity contribution in [3.8, 4) is 5.75 Å². The lowest BCUT2D eigenvalue weighted by Crippen LogP contribution is -2.42. The van der Waals surface area contributed by atoms with Crippen LogP contribution in [0.25, 0.3) is 0 Å². The van der Waals surface area contributed by atoms with Gasteiger partial charge in [0, 0.05) is 19.3 Å². The van der Waals surface area contributed by atoms with Crippen LogP contribution in [0, 0.1) is 0 Å². The molecule has 8 nitrogen and oxygen atoms in total. The summed E-state index contributed by atoms with van der Waals surface area (Å²) in [6, 6.07) is 12.1. The van der Waals surface area contributed by atoms with Gasteiger partial charge in [-0.25, -0.2) is 18.9 Å². The molecule has 9 heteroatoms. The first-order valence-corrected chi connectivity index (χ1v) is 9.57. The Bertz CT molecular complexity index is 865. The van der Waals surface area contributed by atoms with Crippen LogP contribution >= 0.6 is 0 Å². The minimum absolute atomic E-state index is 0.0761. The number of ether oxygens (including phenoxy) is 1. The molecule has 0 atom stereocenters. The zero-order valence-corrected chi connectivity index (χ0v) is 14.7. The van der Waals surface area contributed by atoms with Crippen molar-refractivity contribution in [2.45, 2.75) is 24.0 Å². The number of sulfonamides is 1. The average Bonchev–Trinajstić information content (AvgIpc) is 2.68. The number of piperidine rings is 1. The second kappa shape index (κ2) is 7.81. The molecule has 3 rings (SSSR count). The van der Waals surface area contributed by atoms with Gasteiger partial charge in [0.1, 0.15) is 11.9 Å². The highest BCUT2D eigenvalue weighted by atomic mass is 32.2. The molecule has 1 aliphatic rings. The van der Waals surface area contributed by atoms with Gasteiger partial charge in [0.05, 0.1) is 5.56 Å². The van der Waals surface area contributed by atoms with Crippen LogP contribution in [-0.2, 0) is 10.0 Å². The topological polar surface area (TPSA) is 109 Å². The Kier molecular flexibility index (Phi) is 5.50. The quantitative estimate of drug-likeness (QED) is 0.603. The lowest BCUT2D eigenvalue weighted by atomic mass is 10.1.